The molecule has 1 aromatic heterocycles. The molecule has 0 aliphatic carbocycles. The van der Waals surface area contributed by atoms with Gasteiger partial charge in [-0.3, -0.25) is 4.68 Å². The van der Waals surface area contributed by atoms with E-state index in [1.807, 2.05) is 44.3 Å². The van der Waals surface area contributed by atoms with E-state index < -0.39 is 6.10 Å². The highest BCUT2D eigenvalue weighted by Gasteiger charge is 2.14. The second kappa shape index (κ2) is 3.87. The van der Waals surface area contributed by atoms with Crippen LogP contribution in [0.1, 0.15) is 22.9 Å². The Balaban J connectivity index is 2.41. The van der Waals surface area contributed by atoms with Gasteiger partial charge in [0.15, 0.2) is 0 Å². The second-order valence-electron chi connectivity index (χ2n) is 3.64. The zero-order valence-electron chi connectivity index (χ0n) is 8.88. The van der Waals surface area contributed by atoms with Gasteiger partial charge >= 0.3 is 0 Å². The maximum Gasteiger partial charge on any atom is 0.121 e. The topological polar surface area (TPSA) is 38.1 Å². The van der Waals surface area contributed by atoms with Crippen molar-refractivity contribution in [2.75, 3.05) is 0 Å². The Labute approximate surface area is 89.0 Å². The van der Waals surface area contributed by atoms with E-state index in [0.29, 0.717) is 0 Å². The third-order valence-corrected chi connectivity index (χ3v) is 2.62. The molecule has 2 aromatic rings. The van der Waals surface area contributed by atoms with E-state index in [1.165, 1.54) is 0 Å². The molecule has 3 nitrogen and oxygen atoms in total. The summed E-state index contributed by atoms with van der Waals surface area (Å²) < 4.78 is 1.69. The number of rotatable bonds is 2. The van der Waals surface area contributed by atoms with Gasteiger partial charge in [-0.05, 0) is 24.1 Å². The summed E-state index contributed by atoms with van der Waals surface area (Å²) in [6.07, 6.45) is 1.09. The van der Waals surface area contributed by atoms with Crippen LogP contribution in [-0.4, -0.2) is 14.9 Å². The predicted octanol–water partition coefficient (Wildman–Crippen LogP) is 1.81. The van der Waals surface area contributed by atoms with E-state index in [9.17, 15) is 5.11 Å². The summed E-state index contributed by atoms with van der Waals surface area (Å²) in [6, 6.07) is 9.66. The molecule has 0 radical (unpaired) electrons. The molecule has 0 aliphatic rings. The molecule has 78 valence electrons. The normalized spacial score (nSPS) is 12.7. The first kappa shape index (κ1) is 9.93. The third kappa shape index (κ3) is 1.78. The fraction of sp³-hybridized carbons (Fsp3) is 0.250. The largest absolute Gasteiger partial charge is 0.382 e. The van der Waals surface area contributed by atoms with Crippen LogP contribution >= 0.6 is 0 Å². The zero-order chi connectivity index (χ0) is 10.8. The average molecular weight is 202 g/mol. The van der Waals surface area contributed by atoms with Gasteiger partial charge in [-0.25, -0.2) is 0 Å². The van der Waals surface area contributed by atoms with Crippen molar-refractivity contribution in [2.24, 2.45) is 7.05 Å². The molecule has 0 saturated carbocycles. The lowest BCUT2D eigenvalue weighted by Crippen LogP contribution is -2.07. The number of hydrogen-bond donors (Lipinski definition) is 1. The molecule has 0 saturated heterocycles. The summed E-state index contributed by atoms with van der Waals surface area (Å²) in [5, 5.41) is 14.2. The van der Waals surface area contributed by atoms with Gasteiger partial charge in [-0.2, -0.15) is 5.10 Å². The Morgan fingerprint density at radius 1 is 1.27 bits per heavy atom. The second-order valence-corrected chi connectivity index (χ2v) is 3.64. The number of aromatic nitrogens is 2. The minimum Gasteiger partial charge on any atom is -0.382 e. The van der Waals surface area contributed by atoms with Gasteiger partial charge in [0.05, 0.1) is 5.69 Å². The number of aliphatic hydroxyl groups excluding tert-OH is 1. The highest BCUT2D eigenvalue weighted by atomic mass is 16.3. The number of aliphatic hydroxyl groups is 1. The quantitative estimate of drug-likeness (QED) is 0.806. The summed E-state index contributed by atoms with van der Waals surface area (Å²) in [5.74, 6) is 0. The lowest BCUT2D eigenvalue weighted by atomic mass is 10.0. The molecule has 1 N–H and O–H groups in total. The SMILES string of the molecule is Cc1ccccc1C(O)c1ccnn1C. The van der Waals surface area contributed by atoms with Crippen molar-refractivity contribution in [3.8, 4) is 0 Å². The molecular weight excluding hydrogens is 188 g/mol. The van der Waals surface area contributed by atoms with Crippen molar-refractivity contribution in [3.63, 3.8) is 0 Å². The summed E-state index contributed by atoms with van der Waals surface area (Å²) in [7, 11) is 1.83. The molecule has 1 unspecified atom stereocenters. The lowest BCUT2D eigenvalue weighted by molar-refractivity contribution is 0.209. The molecule has 1 aromatic carbocycles. The van der Waals surface area contributed by atoms with Crippen molar-refractivity contribution in [1.29, 1.82) is 0 Å². The first-order valence-electron chi connectivity index (χ1n) is 4.91. The molecule has 1 heterocycles. The monoisotopic (exact) mass is 202 g/mol. The van der Waals surface area contributed by atoms with Gasteiger partial charge in [0.2, 0.25) is 0 Å². The van der Waals surface area contributed by atoms with Crippen LogP contribution in [0.15, 0.2) is 36.5 Å². The number of benzene rings is 1. The van der Waals surface area contributed by atoms with Crippen LogP contribution in [0.4, 0.5) is 0 Å². The van der Waals surface area contributed by atoms with Crippen molar-refractivity contribution in [3.05, 3.63) is 53.3 Å². The first-order valence-corrected chi connectivity index (χ1v) is 4.91. The molecule has 0 amide bonds. The smallest absolute Gasteiger partial charge is 0.121 e. The summed E-state index contributed by atoms with van der Waals surface area (Å²) in [4.78, 5) is 0. The number of nitrogens with zero attached hydrogens (tertiary/aromatic N) is 2. The van der Waals surface area contributed by atoms with Gasteiger partial charge in [-0.15, -0.1) is 0 Å². The Bertz CT molecular complexity index is 462. The van der Waals surface area contributed by atoms with Crippen LogP contribution in [0, 0.1) is 6.92 Å². The van der Waals surface area contributed by atoms with E-state index in [2.05, 4.69) is 5.10 Å². The Morgan fingerprint density at radius 2 is 2.00 bits per heavy atom. The molecule has 2 rings (SSSR count). The maximum absolute atomic E-state index is 10.2. The molecule has 3 heteroatoms. The predicted molar refractivity (Wildman–Crippen MR) is 58.4 cm³/mol. The third-order valence-electron chi connectivity index (χ3n) is 2.62. The Hall–Kier alpha value is -1.61. The van der Waals surface area contributed by atoms with Crippen molar-refractivity contribution < 1.29 is 5.11 Å². The van der Waals surface area contributed by atoms with Crippen molar-refractivity contribution in [2.45, 2.75) is 13.0 Å². The number of hydrogen-bond acceptors (Lipinski definition) is 2. The first-order chi connectivity index (χ1) is 7.20. The summed E-state index contributed by atoms with van der Waals surface area (Å²) in [6.45, 7) is 1.99. The van der Waals surface area contributed by atoms with Crippen LogP contribution < -0.4 is 0 Å². The van der Waals surface area contributed by atoms with Crippen LogP contribution in [0.2, 0.25) is 0 Å². The molecule has 1 atom stereocenters. The molecule has 15 heavy (non-hydrogen) atoms. The van der Waals surface area contributed by atoms with Crippen LogP contribution in [-0.2, 0) is 7.05 Å². The highest BCUT2D eigenvalue weighted by molar-refractivity contribution is 5.32. The van der Waals surface area contributed by atoms with Crippen LogP contribution in [0.5, 0.6) is 0 Å². The van der Waals surface area contributed by atoms with Crippen molar-refractivity contribution >= 4 is 0 Å². The maximum atomic E-state index is 10.2. The Kier molecular flexibility index (Phi) is 2.56. The summed E-state index contributed by atoms with van der Waals surface area (Å²) in [5.41, 5.74) is 2.83. The lowest BCUT2D eigenvalue weighted by Gasteiger charge is -2.13. The van der Waals surface area contributed by atoms with E-state index in [4.69, 9.17) is 0 Å². The van der Waals surface area contributed by atoms with Crippen LogP contribution in [0.25, 0.3) is 0 Å². The number of aryl methyl sites for hydroxylation is 2. The molecule has 0 aliphatic heterocycles. The standard InChI is InChI=1S/C12H14N2O/c1-9-5-3-4-6-10(9)12(15)11-7-8-13-14(11)2/h3-8,12,15H,1-2H3. The van der Waals surface area contributed by atoms with E-state index >= 15 is 0 Å². The minimum absolute atomic E-state index is 0.598. The Morgan fingerprint density at radius 3 is 2.60 bits per heavy atom. The van der Waals surface area contributed by atoms with Gasteiger partial charge in [-0.1, -0.05) is 24.3 Å². The van der Waals surface area contributed by atoms with Crippen molar-refractivity contribution in [1.82, 2.24) is 9.78 Å². The van der Waals surface area contributed by atoms with Gasteiger partial charge in [0, 0.05) is 13.2 Å². The molecule has 0 spiro atoms. The van der Waals surface area contributed by atoms with Gasteiger partial charge < -0.3 is 5.11 Å². The van der Waals surface area contributed by atoms with Gasteiger partial charge in [0.25, 0.3) is 0 Å². The average Bonchev–Trinajstić information content (AvgIpc) is 2.64. The van der Waals surface area contributed by atoms with E-state index in [-0.39, 0.29) is 0 Å². The summed E-state index contributed by atoms with van der Waals surface area (Å²) >= 11 is 0. The molecule has 0 bridgehead atoms. The van der Waals surface area contributed by atoms with E-state index in [1.54, 1.807) is 10.9 Å². The fourth-order valence-electron chi connectivity index (χ4n) is 1.71. The van der Waals surface area contributed by atoms with Crippen LogP contribution in [0.3, 0.4) is 0 Å². The minimum atomic E-state index is -0.598. The van der Waals surface area contributed by atoms with Gasteiger partial charge in [0.1, 0.15) is 6.10 Å². The zero-order valence-corrected chi connectivity index (χ0v) is 8.88. The van der Waals surface area contributed by atoms with E-state index in [0.717, 1.165) is 16.8 Å². The molecule has 0 fully saturated rings. The fourth-order valence-corrected chi connectivity index (χ4v) is 1.71. The molecular formula is C12H14N2O. The highest BCUT2D eigenvalue weighted by Crippen LogP contribution is 2.23.